The van der Waals surface area contributed by atoms with E-state index >= 15 is 0 Å². The number of benzene rings is 1. The zero-order valence-corrected chi connectivity index (χ0v) is 18.4. The molecule has 1 aromatic carbocycles. The largest absolute Gasteiger partial charge is 0.309 e. The van der Waals surface area contributed by atoms with Gasteiger partial charge in [-0.15, -0.1) is 0 Å². The van der Waals surface area contributed by atoms with E-state index in [4.69, 9.17) is 5.10 Å². The van der Waals surface area contributed by atoms with Gasteiger partial charge in [-0.25, -0.2) is 4.68 Å². The minimum absolute atomic E-state index is 0.0169. The maximum absolute atomic E-state index is 12.9. The molecule has 4 aliphatic rings. The molecule has 0 atom stereocenters. The number of amides is 1. The smallest absolute Gasteiger partial charge is 0.239 e. The van der Waals surface area contributed by atoms with Crippen molar-refractivity contribution in [1.82, 2.24) is 15.1 Å². The molecule has 5 heteroatoms. The number of nitrogens with zero attached hydrogens (tertiary/aromatic N) is 2. The summed E-state index contributed by atoms with van der Waals surface area (Å²) in [5.41, 5.74) is 2.03. The molecule has 0 radical (unpaired) electrons. The highest BCUT2D eigenvalue weighted by Crippen LogP contribution is 2.55. The van der Waals surface area contributed by atoms with E-state index < -0.39 is 0 Å². The van der Waals surface area contributed by atoms with Crippen LogP contribution in [-0.2, 0) is 10.2 Å². The zero-order valence-electron chi connectivity index (χ0n) is 18.4. The molecule has 2 aromatic rings. The van der Waals surface area contributed by atoms with Gasteiger partial charge in [-0.05, 0) is 68.4 Å². The topological polar surface area (TPSA) is 59.0 Å². The Morgan fingerprint density at radius 1 is 1.07 bits per heavy atom. The van der Waals surface area contributed by atoms with Gasteiger partial charge < -0.3 is 10.6 Å². The van der Waals surface area contributed by atoms with Crippen molar-refractivity contribution in [1.29, 1.82) is 0 Å². The number of para-hydroxylation sites is 1. The van der Waals surface area contributed by atoms with Crippen LogP contribution < -0.4 is 10.6 Å². The third-order valence-corrected chi connectivity index (χ3v) is 7.41. The van der Waals surface area contributed by atoms with Gasteiger partial charge in [0.1, 0.15) is 5.82 Å². The lowest BCUT2D eigenvalue weighted by Crippen LogP contribution is -2.59. The van der Waals surface area contributed by atoms with Gasteiger partial charge in [0.15, 0.2) is 0 Å². The molecular weight excluding hydrogens is 372 g/mol. The van der Waals surface area contributed by atoms with Crippen LogP contribution in [0.3, 0.4) is 0 Å². The Bertz CT molecular complexity index is 889. The minimum Gasteiger partial charge on any atom is -0.309 e. The Balaban J connectivity index is 1.31. The van der Waals surface area contributed by atoms with Crippen molar-refractivity contribution < 1.29 is 4.79 Å². The van der Waals surface area contributed by atoms with Crippen molar-refractivity contribution in [2.45, 2.75) is 70.3 Å². The average Bonchev–Trinajstić information content (AvgIpc) is 3.10. The van der Waals surface area contributed by atoms with Crippen molar-refractivity contribution in [3.05, 3.63) is 42.1 Å². The molecule has 4 fully saturated rings. The summed E-state index contributed by atoms with van der Waals surface area (Å²) in [6.45, 7) is 6.80. The first-order valence-corrected chi connectivity index (χ1v) is 11.5. The highest BCUT2D eigenvalue weighted by molar-refractivity contribution is 5.91. The summed E-state index contributed by atoms with van der Waals surface area (Å²) in [5, 5.41) is 11.6. The molecule has 0 unspecified atom stereocenters. The van der Waals surface area contributed by atoms with E-state index in [0.29, 0.717) is 6.54 Å². The van der Waals surface area contributed by atoms with Crippen LogP contribution in [0.15, 0.2) is 36.4 Å². The lowest BCUT2D eigenvalue weighted by Gasteiger charge is -2.57. The maximum atomic E-state index is 12.9. The molecule has 0 aliphatic heterocycles. The predicted molar refractivity (Wildman–Crippen MR) is 120 cm³/mol. The van der Waals surface area contributed by atoms with Crippen molar-refractivity contribution in [2.75, 3.05) is 11.9 Å². The number of aromatic nitrogens is 2. The SMILES string of the molecule is CC(C)(C)c1cc(NC(=O)CNC23CC4CC(CC(C4)C2)C3)n(-c2ccccc2)n1. The summed E-state index contributed by atoms with van der Waals surface area (Å²) >= 11 is 0. The molecular formula is C25H34N4O. The third kappa shape index (κ3) is 3.80. The van der Waals surface area contributed by atoms with Crippen molar-refractivity contribution in [3.63, 3.8) is 0 Å². The van der Waals surface area contributed by atoms with Gasteiger partial charge >= 0.3 is 0 Å². The van der Waals surface area contributed by atoms with Gasteiger partial charge in [0.25, 0.3) is 0 Å². The molecule has 4 bridgehead atoms. The van der Waals surface area contributed by atoms with Crippen molar-refractivity contribution in [2.24, 2.45) is 17.8 Å². The predicted octanol–water partition coefficient (Wildman–Crippen LogP) is 4.67. The maximum Gasteiger partial charge on any atom is 0.239 e. The monoisotopic (exact) mass is 406 g/mol. The van der Waals surface area contributed by atoms with Crippen LogP contribution in [0.2, 0.25) is 0 Å². The minimum atomic E-state index is -0.0864. The summed E-state index contributed by atoms with van der Waals surface area (Å²) in [5.74, 6) is 3.38. The van der Waals surface area contributed by atoms with E-state index in [1.54, 1.807) is 0 Å². The Hall–Kier alpha value is -2.14. The highest BCUT2D eigenvalue weighted by Gasteiger charge is 2.50. The molecule has 30 heavy (non-hydrogen) atoms. The van der Waals surface area contributed by atoms with Gasteiger partial charge in [0.05, 0.1) is 17.9 Å². The van der Waals surface area contributed by atoms with Crippen LogP contribution in [0.25, 0.3) is 5.69 Å². The average molecular weight is 407 g/mol. The number of carbonyl (C=O) groups excluding carboxylic acids is 1. The standard InChI is InChI=1S/C25H34N4O/c1-24(2,3)21-12-22(29(28-21)20-7-5-4-6-8-20)27-23(30)16-26-25-13-17-9-18(14-25)11-19(10-17)15-25/h4-8,12,17-19,26H,9-11,13-16H2,1-3H3,(H,27,30). The van der Waals surface area contributed by atoms with Gasteiger partial charge in [-0.1, -0.05) is 39.0 Å². The first kappa shape index (κ1) is 19.8. The molecule has 1 heterocycles. The molecule has 4 aliphatic carbocycles. The van der Waals surface area contributed by atoms with Crippen molar-refractivity contribution in [3.8, 4) is 5.69 Å². The van der Waals surface area contributed by atoms with Crippen LogP contribution in [0.4, 0.5) is 5.82 Å². The normalized spacial score (nSPS) is 29.9. The van der Waals surface area contributed by atoms with E-state index in [2.05, 4.69) is 31.4 Å². The van der Waals surface area contributed by atoms with Gasteiger partial charge in [0.2, 0.25) is 5.91 Å². The number of hydrogen-bond donors (Lipinski definition) is 2. The Labute approximate surface area is 179 Å². The fourth-order valence-corrected chi connectivity index (χ4v) is 6.38. The lowest BCUT2D eigenvalue weighted by atomic mass is 9.53. The molecule has 6 rings (SSSR count). The summed E-state index contributed by atoms with van der Waals surface area (Å²) < 4.78 is 1.85. The fourth-order valence-electron chi connectivity index (χ4n) is 6.38. The summed E-state index contributed by atoms with van der Waals surface area (Å²) in [6, 6.07) is 12.0. The number of hydrogen-bond acceptors (Lipinski definition) is 3. The van der Waals surface area contributed by atoms with Gasteiger partial charge in [-0.3, -0.25) is 4.79 Å². The second-order valence-corrected chi connectivity index (χ2v) is 11.0. The second-order valence-electron chi connectivity index (χ2n) is 11.0. The van der Waals surface area contributed by atoms with E-state index in [9.17, 15) is 4.79 Å². The third-order valence-electron chi connectivity index (χ3n) is 7.41. The van der Waals surface area contributed by atoms with Crippen LogP contribution in [-0.4, -0.2) is 27.8 Å². The van der Waals surface area contributed by atoms with E-state index in [-0.39, 0.29) is 16.9 Å². The van der Waals surface area contributed by atoms with Gasteiger partial charge in [-0.2, -0.15) is 5.10 Å². The number of anilines is 1. The van der Waals surface area contributed by atoms with E-state index in [1.807, 2.05) is 41.1 Å². The Morgan fingerprint density at radius 3 is 2.23 bits per heavy atom. The van der Waals surface area contributed by atoms with Crippen LogP contribution >= 0.6 is 0 Å². The van der Waals surface area contributed by atoms with Crippen LogP contribution in [0.1, 0.15) is 65.0 Å². The summed E-state index contributed by atoms with van der Waals surface area (Å²) in [4.78, 5) is 12.9. The molecule has 5 nitrogen and oxygen atoms in total. The molecule has 160 valence electrons. The second kappa shape index (κ2) is 7.23. The van der Waals surface area contributed by atoms with Crippen LogP contribution in [0.5, 0.6) is 0 Å². The first-order chi connectivity index (χ1) is 14.3. The molecule has 4 saturated carbocycles. The summed E-state index contributed by atoms with van der Waals surface area (Å²) in [6.07, 6.45) is 8.00. The molecule has 2 N–H and O–H groups in total. The summed E-state index contributed by atoms with van der Waals surface area (Å²) in [7, 11) is 0. The van der Waals surface area contributed by atoms with Gasteiger partial charge in [0, 0.05) is 17.0 Å². The van der Waals surface area contributed by atoms with Crippen molar-refractivity contribution >= 4 is 11.7 Å². The number of nitrogens with one attached hydrogen (secondary N) is 2. The first-order valence-electron chi connectivity index (χ1n) is 11.5. The van der Waals surface area contributed by atoms with E-state index in [0.717, 1.165) is 35.0 Å². The molecule has 0 spiro atoms. The van der Waals surface area contributed by atoms with Crippen LogP contribution in [0, 0.1) is 17.8 Å². The van der Waals surface area contributed by atoms with E-state index in [1.165, 1.54) is 38.5 Å². The number of carbonyl (C=O) groups is 1. The lowest BCUT2D eigenvalue weighted by molar-refractivity contribution is -0.116. The number of rotatable bonds is 5. The molecule has 1 aromatic heterocycles. The zero-order chi connectivity index (χ0) is 20.9. The molecule has 1 amide bonds. The molecule has 0 saturated heterocycles. The fraction of sp³-hybridized carbons (Fsp3) is 0.600. The quantitative estimate of drug-likeness (QED) is 0.759. The highest BCUT2D eigenvalue weighted by atomic mass is 16.2. The Morgan fingerprint density at radius 2 is 1.67 bits per heavy atom. The Kier molecular flexibility index (Phi) is 4.77.